The van der Waals surface area contributed by atoms with Gasteiger partial charge in [0.25, 0.3) is 11.8 Å². The van der Waals surface area contributed by atoms with E-state index in [0.717, 1.165) is 18.5 Å². The molecule has 172 valence electrons. The molecule has 1 saturated heterocycles. The molecule has 1 fully saturated rings. The minimum absolute atomic E-state index is 0.153. The van der Waals surface area contributed by atoms with Crippen molar-refractivity contribution in [3.63, 3.8) is 0 Å². The van der Waals surface area contributed by atoms with E-state index < -0.39 is 17.8 Å². The molecule has 1 aliphatic heterocycles. The molecule has 0 unspecified atom stereocenters. The van der Waals surface area contributed by atoms with Crippen LogP contribution < -0.4 is 15.0 Å². The quantitative estimate of drug-likeness (QED) is 0.188. The Balaban J connectivity index is 1.55. The van der Waals surface area contributed by atoms with Gasteiger partial charge in [-0.1, -0.05) is 51.3 Å². The number of urea groups is 1. The predicted octanol–water partition coefficient (Wildman–Crippen LogP) is 6.61. The van der Waals surface area contributed by atoms with Crippen LogP contribution in [0.1, 0.15) is 11.1 Å². The van der Waals surface area contributed by atoms with Crippen LogP contribution in [-0.4, -0.2) is 17.8 Å². The monoisotopic (exact) mass is 670 g/mol. The average molecular weight is 672 g/mol. The summed E-state index contributed by atoms with van der Waals surface area (Å²) in [5.74, 6) is -0.847. The van der Waals surface area contributed by atoms with Crippen LogP contribution in [0.2, 0.25) is 10.0 Å². The van der Waals surface area contributed by atoms with Gasteiger partial charge in [0.15, 0.2) is 0 Å². The standard InChI is InChI=1S/C24H14BrCl2IN2O4/c25-15-3-6-17(7-4-15)30-23(32)18(22(31)29-24(30)33)9-13-1-8-21(20(28)10-13)34-12-14-2-5-16(26)11-19(14)27/h1-11H,12H2,(H,29,31,33)/b18-9+. The Kier molecular flexibility index (Phi) is 7.61. The first-order valence-corrected chi connectivity index (χ1v) is 12.4. The number of ether oxygens (including phenoxy) is 1. The average Bonchev–Trinajstić information content (AvgIpc) is 2.78. The van der Waals surface area contributed by atoms with Crippen LogP contribution >= 0.6 is 61.7 Å². The topological polar surface area (TPSA) is 75.7 Å². The van der Waals surface area contributed by atoms with Crippen molar-refractivity contribution in [2.45, 2.75) is 6.61 Å². The highest BCUT2D eigenvalue weighted by molar-refractivity contribution is 14.1. The van der Waals surface area contributed by atoms with Crippen molar-refractivity contribution in [3.8, 4) is 5.75 Å². The molecule has 4 amide bonds. The number of benzene rings is 3. The number of amides is 4. The van der Waals surface area contributed by atoms with Crippen LogP contribution in [0.3, 0.4) is 0 Å². The van der Waals surface area contributed by atoms with Crippen molar-refractivity contribution in [1.29, 1.82) is 0 Å². The third kappa shape index (κ3) is 5.46. The van der Waals surface area contributed by atoms with Crippen LogP contribution in [-0.2, 0) is 16.2 Å². The lowest BCUT2D eigenvalue weighted by Crippen LogP contribution is -2.54. The molecule has 3 aromatic carbocycles. The molecule has 0 aromatic heterocycles. The SMILES string of the molecule is O=C1NC(=O)N(c2ccc(Br)cc2)C(=O)/C1=C/c1ccc(OCc2ccc(Cl)cc2Cl)c(I)c1. The number of nitrogens with zero attached hydrogens (tertiary/aromatic N) is 1. The maximum Gasteiger partial charge on any atom is 0.335 e. The molecule has 4 rings (SSSR count). The van der Waals surface area contributed by atoms with Crippen LogP contribution in [0.4, 0.5) is 10.5 Å². The molecule has 0 radical (unpaired) electrons. The Bertz CT molecular complexity index is 1350. The fourth-order valence-electron chi connectivity index (χ4n) is 3.17. The largest absolute Gasteiger partial charge is 0.488 e. The lowest BCUT2D eigenvalue weighted by Gasteiger charge is -2.26. The molecule has 1 aliphatic rings. The molecule has 10 heteroatoms. The highest BCUT2D eigenvalue weighted by Gasteiger charge is 2.36. The van der Waals surface area contributed by atoms with Gasteiger partial charge in [0.1, 0.15) is 17.9 Å². The molecule has 3 aromatic rings. The second-order valence-electron chi connectivity index (χ2n) is 7.15. The lowest BCUT2D eigenvalue weighted by molar-refractivity contribution is -0.122. The number of carbonyl (C=O) groups excluding carboxylic acids is 3. The smallest absolute Gasteiger partial charge is 0.335 e. The first kappa shape index (κ1) is 24.7. The van der Waals surface area contributed by atoms with Gasteiger partial charge >= 0.3 is 6.03 Å². The van der Waals surface area contributed by atoms with E-state index in [0.29, 0.717) is 27.0 Å². The molecule has 0 bridgehead atoms. The number of halogens is 4. The first-order valence-electron chi connectivity index (χ1n) is 9.76. The number of anilines is 1. The molecule has 1 heterocycles. The maximum absolute atomic E-state index is 13.0. The van der Waals surface area contributed by atoms with Crippen molar-refractivity contribution in [3.05, 3.63) is 95.5 Å². The van der Waals surface area contributed by atoms with Crippen molar-refractivity contribution < 1.29 is 19.1 Å². The number of hydrogen-bond donors (Lipinski definition) is 1. The lowest BCUT2D eigenvalue weighted by atomic mass is 10.1. The summed E-state index contributed by atoms with van der Waals surface area (Å²) in [5, 5.41) is 3.27. The second-order valence-corrected chi connectivity index (χ2v) is 10.1. The zero-order valence-corrected chi connectivity index (χ0v) is 22.4. The van der Waals surface area contributed by atoms with Gasteiger partial charge in [-0.3, -0.25) is 14.9 Å². The molecular formula is C24H14BrCl2IN2O4. The number of carbonyl (C=O) groups is 3. The highest BCUT2D eigenvalue weighted by atomic mass is 127. The zero-order valence-electron chi connectivity index (χ0n) is 17.2. The van der Waals surface area contributed by atoms with E-state index in [1.807, 2.05) is 0 Å². The van der Waals surface area contributed by atoms with Crippen molar-refractivity contribution in [2.75, 3.05) is 4.90 Å². The Hall–Kier alpha value is -2.40. The number of imide groups is 2. The van der Waals surface area contributed by atoms with E-state index in [-0.39, 0.29) is 12.2 Å². The Labute approximate surface area is 227 Å². The highest BCUT2D eigenvalue weighted by Crippen LogP contribution is 2.28. The van der Waals surface area contributed by atoms with E-state index in [4.69, 9.17) is 27.9 Å². The predicted molar refractivity (Wildman–Crippen MR) is 143 cm³/mol. The second kappa shape index (κ2) is 10.5. The molecule has 0 atom stereocenters. The molecular weight excluding hydrogens is 658 g/mol. The van der Waals surface area contributed by atoms with E-state index in [1.165, 1.54) is 6.08 Å². The fourth-order valence-corrected chi connectivity index (χ4v) is 4.59. The fraction of sp³-hybridized carbons (Fsp3) is 0.0417. The summed E-state index contributed by atoms with van der Waals surface area (Å²) in [6.45, 7) is 0.248. The third-order valence-corrected chi connectivity index (χ3v) is 6.81. The zero-order chi connectivity index (χ0) is 24.4. The van der Waals surface area contributed by atoms with Crippen LogP contribution in [0.25, 0.3) is 6.08 Å². The van der Waals surface area contributed by atoms with E-state index in [9.17, 15) is 14.4 Å². The van der Waals surface area contributed by atoms with Crippen LogP contribution in [0.15, 0.2) is 70.7 Å². The Morgan fingerprint density at radius 2 is 1.74 bits per heavy atom. The van der Waals surface area contributed by atoms with Crippen molar-refractivity contribution >= 4 is 91.3 Å². The molecule has 0 spiro atoms. The summed E-state index contributed by atoms with van der Waals surface area (Å²) in [5.41, 5.74) is 1.59. The molecule has 6 nitrogen and oxygen atoms in total. The van der Waals surface area contributed by atoms with Crippen molar-refractivity contribution in [1.82, 2.24) is 5.32 Å². The summed E-state index contributed by atoms with van der Waals surface area (Å²) in [7, 11) is 0. The van der Waals surface area contributed by atoms with Gasteiger partial charge in [0, 0.05) is 20.1 Å². The van der Waals surface area contributed by atoms with E-state index in [1.54, 1.807) is 60.7 Å². The number of barbiturate groups is 1. The normalized spacial score (nSPS) is 15.0. The number of nitrogens with one attached hydrogen (secondary N) is 1. The van der Waals surface area contributed by atoms with Crippen LogP contribution in [0.5, 0.6) is 5.75 Å². The summed E-state index contributed by atoms with van der Waals surface area (Å²) in [6, 6.07) is 16.2. The maximum atomic E-state index is 13.0. The third-order valence-electron chi connectivity index (χ3n) is 4.85. The Morgan fingerprint density at radius 1 is 1.00 bits per heavy atom. The van der Waals surface area contributed by atoms with Crippen LogP contribution in [0, 0.1) is 3.57 Å². The van der Waals surface area contributed by atoms with E-state index in [2.05, 4.69) is 43.8 Å². The first-order chi connectivity index (χ1) is 16.2. The van der Waals surface area contributed by atoms with Gasteiger partial charge in [0.2, 0.25) is 0 Å². The van der Waals surface area contributed by atoms with Crippen molar-refractivity contribution in [2.24, 2.45) is 0 Å². The summed E-state index contributed by atoms with van der Waals surface area (Å²) in [4.78, 5) is 38.7. The van der Waals surface area contributed by atoms with Gasteiger partial charge in [-0.25, -0.2) is 9.69 Å². The van der Waals surface area contributed by atoms with E-state index >= 15 is 0 Å². The number of rotatable bonds is 5. The molecule has 1 N–H and O–H groups in total. The minimum Gasteiger partial charge on any atom is -0.488 e. The molecule has 0 saturated carbocycles. The Morgan fingerprint density at radius 3 is 2.41 bits per heavy atom. The van der Waals surface area contributed by atoms with Gasteiger partial charge in [0.05, 0.1) is 9.26 Å². The van der Waals surface area contributed by atoms with Gasteiger partial charge in [-0.05, 0) is 82.8 Å². The van der Waals surface area contributed by atoms with Gasteiger partial charge in [-0.15, -0.1) is 0 Å². The van der Waals surface area contributed by atoms with Gasteiger partial charge < -0.3 is 4.74 Å². The molecule has 0 aliphatic carbocycles. The summed E-state index contributed by atoms with van der Waals surface area (Å²) in [6.07, 6.45) is 1.44. The minimum atomic E-state index is -0.798. The molecule has 34 heavy (non-hydrogen) atoms. The van der Waals surface area contributed by atoms with Gasteiger partial charge in [-0.2, -0.15) is 0 Å². The number of hydrogen-bond acceptors (Lipinski definition) is 4. The summed E-state index contributed by atoms with van der Waals surface area (Å²) < 4.78 is 7.43. The summed E-state index contributed by atoms with van der Waals surface area (Å²) >= 11 is 17.5.